The van der Waals surface area contributed by atoms with Gasteiger partial charge in [-0.2, -0.15) is 0 Å². The quantitative estimate of drug-likeness (QED) is 0.901. The second-order valence-corrected chi connectivity index (χ2v) is 6.62. The van der Waals surface area contributed by atoms with Gasteiger partial charge in [0.2, 0.25) is 5.95 Å². The number of hydrogen-bond donors (Lipinski definition) is 1. The van der Waals surface area contributed by atoms with E-state index in [-0.39, 0.29) is 11.9 Å². The molecule has 7 heteroatoms. The Morgan fingerprint density at radius 1 is 1.23 bits per heavy atom. The molecule has 1 fully saturated rings. The van der Waals surface area contributed by atoms with Crippen molar-refractivity contribution in [1.82, 2.24) is 9.97 Å². The van der Waals surface area contributed by atoms with Gasteiger partial charge in [0.05, 0.1) is 18.9 Å². The normalized spacial score (nSPS) is 19.3. The van der Waals surface area contributed by atoms with E-state index in [0.29, 0.717) is 49.1 Å². The zero-order chi connectivity index (χ0) is 18.1. The molecule has 0 aliphatic carbocycles. The third kappa shape index (κ3) is 3.24. The Bertz CT molecular complexity index is 808. The Kier molecular flexibility index (Phi) is 4.74. The van der Waals surface area contributed by atoms with Gasteiger partial charge in [0, 0.05) is 42.9 Å². The van der Waals surface area contributed by atoms with Crippen molar-refractivity contribution in [2.45, 2.75) is 25.9 Å². The average molecular weight is 358 g/mol. The van der Waals surface area contributed by atoms with Crippen molar-refractivity contribution < 1.29 is 13.9 Å². The van der Waals surface area contributed by atoms with E-state index in [1.165, 1.54) is 12.1 Å². The van der Waals surface area contributed by atoms with Crippen molar-refractivity contribution in [2.75, 3.05) is 37.7 Å². The first-order chi connectivity index (χ1) is 12.7. The number of halogens is 1. The minimum atomic E-state index is -0.287. The van der Waals surface area contributed by atoms with Crippen LogP contribution < -0.4 is 15.4 Å². The molecular weight excluding hydrogens is 335 g/mol. The van der Waals surface area contributed by atoms with Crippen LogP contribution in [0.1, 0.15) is 18.2 Å². The van der Waals surface area contributed by atoms with E-state index in [0.717, 1.165) is 30.8 Å². The predicted molar refractivity (Wildman–Crippen MR) is 97.0 cm³/mol. The van der Waals surface area contributed by atoms with Crippen molar-refractivity contribution >= 4 is 5.95 Å². The lowest BCUT2D eigenvalue weighted by Gasteiger charge is -2.27. The maximum absolute atomic E-state index is 14.2. The predicted octanol–water partition coefficient (Wildman–Crippen LogP) is 1.94. The highest BCUT2D eigenvalue weighted by Gasteiger charge is 2.27. The van der Waals surface area contributed by atoms with Crippen molar-refractivity contribution in [1.29, 1.82) is 0 Å². The summed E-state index contributed by atoms with van der Waals surface area (Å²) in [6, 6.07) is 4.93. The standard InChI is InChI=1S/C19H23FN4O2/c1-2-14-10-17(23-19(22-14)24-3-5-25-6-4-24)16-9-13(20)7-12-8-15(11-21)26-18(12)16/h7,9-10,15H,2-6,8,11,21H2,1H3/t15-/m0/s1. The lowest BCUT2D eigenvalue weighted by atomic mass is 10.0. The number of hydrogen-bond acceptors (Lipinski definition) is 6. The van der Waals surface area contributed by atoms with E-state index in [9.17, 15) is 4.39 Å². The highest BCUT2D eigenvalue weighted by atomic mass is 19.1. The van der Waals surface area contributed by atoms with Crippen molar-refractivity contribution in [3.63, 3.8) is 0 Å². The molecule has 1 saturated heterocycles. The fourth-order valence-electron chi connectivity index (χ4n) is 3.42. The number of anilines is 1. The van der Waals surface area contributed by atoms with Gasteiger partial charge in [0.15, 0.2) is 0 Å². The first-order valence-electron chi connectivity index (χ1n) is 9.08. The molecule has 0 amide bonds. The van der Waals surface area contributed by atoms with Gasteiger partial charge in [-0.25, -0.2) is 14.4 Å². The molecule has 26 heavy (non-hydrogen) atoms. The molecule has 1 atom stereocenters. The number of fused-ring (bicyclic) bond motifs is 1. The summed E-state index contributed by atoms with van der Waals surface area (Å²) in [5, 5.41) is 0. The van der Waals surface area contributed by atoms with Crippen LogP contribution in [0.3, 0.4) is 0 Å². The fraction of sp³-hybridized carbons (Fsp3) is 0.474. The summed E-state index contributed by atoms with van der Waals surface area (Å²) in [6.07, 6.45) is 1.28. The molecule has 2 aliphatic heterocycles. The minimum Gasteiger partial charge on any atom is -0.488 e. The Morgan fingerprint density at radius 2 is 2.04 bits per heavy atom. The minimum absolute atomic E-state index is 0.114. The van der Waals surface area contributed by atoms with Crippen molar-refractivity contribution in [2.24, 2.45) is 5.73 Å². The largest absolute Gasteiger partial charge is 0.488 e. The average Bonchev–Trinajstić information content (AvgIpc) is 3.10. The molecule has 4 rings (SSSR count). The first-order valence-corrected chi connectivity index (χ1v) is 9.08. The smallest absolute Gasteiger partial charge is 0.226 e. The van der Waals surface area contributed by atoms with Gasteiger partial charge in [-0.1, -0.05) is 6.92 Å². The third-order valence-electron chi connectivity index (χ3n) is 4.83. The molecule has 1 aromatic heterocycles. The molecular formula is C19H23FN4O2. The molecule has 0 unspecified atom stereocenters. The number of aryl methyl sites for hydroxylation is 1. The van der Waals surface area contributed by atoms with Crippen LogP contribution in [-0.4, -0.2) is 48.9 Å². The molecule has 3 heterocycles. The maximum Gasteiger partial charge on any atom is 0.226 e. The summed E-state index contributed by atoms with van der Waals surface area (Å²) in [7, 11) is 0. The van der Waals surface area contributed by atoms with E-state index in [2.05, 4.69) is 9.88 Å². The van der Waals surface area contributed by atoms with Gasteiger partial charge in [0.25, 0.3) is 0 Å². The second-order valence-electron chi connectivity index (χ2n) is 6.62. The fourth-order valence-corrected chi connectivity index (χ4v) is 3.42. The van der Waals surface area contributed by atoms with Crippen LogP contribution in [0.4, 0.5) is 10.3 Å². The highest BCUT2D eigenvalue weighted by Crippen LogP contribution is 2.39. The number of aromatic nitrogens is 2. The lowest BCUT2D eigenvalue weighted by molar-refractivity contribution is 0.122. The molecule has 6 nitrogen and oxygen atoms in total. The number of nitrogens with two attached hydrogens (primary N) is 1. The van der Waals surface area contributed by atoms with Gasteiger partial charge in [-0.3, -0.25) is 0 Å². The zero-order valence-electron chi connectivity index (χ0n) is 14.9. The van der Waals surface area contributed by atoms with E-state index < -0.39 is 0 Å². The highest BCUT2D eigenvalue weighted by molar-refractivity contribution is 5.71. The SMILES string of the molecule is CCc1cc(-c2cc(F)cc3c2O[C@H](CN)C3)nc(N2CCOCC2)n1. The van der Waals surface area contributed by atoms with E-state index in [4.69, 9.17) is 20.2 Å². The van der Waals surface area contributed by atoms with E-state index in [1.54, 1.807) is 0 Å². The van der Waals surface area contributed by atoms with Crippen LogP contribution in [0, 0.1) is 5.82 Å². The monoisotopic (exact) mass is 358 g/mol. The van der Waals surface area contributed by atoms with Gasteiger partial charge in [-0.05, 0) is 24.6 Å². The van der Waals surface area contributed by atoms with Gasteiger partial charge in [-0.15, -0.1) is 0 Å². The van der Waals surface area contributed by atoms with Gasteiger partial charge in [0.1, 0.15) is 17.7 Å². The number of nitrogens with zero attached hydrogens (tertiary/aromatic N) is 3. The van der Waals surface area contributed by atoms with Crippen LogP contribution in [0.15, 0.2) is 18.2 Å². The Hall–Kier alpha value is -2.25. The van der Waals surface area contributed by atoms with Crippen LogP contribution in [0.2, 0.25) is 0 Å². The van der Waals surface area contributed by atoms with Gasteiger partial charge < -0.3 is 20.1 Å². The number of benzene rings is 1. The summed E-state index contributed by atoms with van der Waals surface area (Å²) < 4.78 is 25.6. The summed E-state index contributed by atoms with van der Waals surface area (Å²) in [5.74, 6) is 1.06. The molecule has 2 N–H and O–H groups in total. The first kappa shape index (κ1) is 17.2. The van der Waals surface area contributed by atoms with Crippen LogP contribution in [-0.2, 0) is 17.6 Å². The summed E-state index contributed by atoms with van der Waals surface area (Å²) in [5.41, 5.74) is 8.87. The molecule has 0 spiro atoms. The van der Waals surface area contributed by atoms with E-state index >= 15 is 0 Å². The number of morpholine rings is 1. The van der Waals surface area contributed by atoms with Crippen molar-refractivity contribution in [3.8, 4) is 17.0 Å². The lowest BCUT2D eigenvalue weighted by Crippen LogP contribution is -2.37. The van der Waals surface area contributed by atoms with E-state index in [1.807, 2.05) is 13.0 Å². The molecule has 2 aromatic rings. The summed E-state index contributed by atoms with van der Waals surface area (Å²) in [4.78, 5) is 11.5. The molecule has 0 saturated carbocycles. The summed E-state index contributed by atoms with van der Waals surface area (Å²) >= 11 is 0. The summed E-state index contributed by atoms with van der Waals surface area (Å²) in [6.45, 7) is 5.27. The molecule has 138 valence electrons. The van der Waals surface area contributed by atoms with Crippen molar-refractivity contribution in [3.05, 3.63) is 35.3 Å². The molecule has 2 aliphatic rings. The number of rotatable bonds is 4. The Morgan fingerprint density at radius 3 is 2.77 bits per heavy atom. The van der Waals surface area contributed by atoms with Gasteiger partial charge >= 0.3 is 0 Å². The number of ether oxygens (including phenoxy) is 2. The zero-order valence-corrected chi connectivity index (χ0v) is 14.9. The third-order valence-corrected chi connectivity index (χ3v) is 4.83. The maximum atomic E-state index is 14.2. The second kappa shape index (κ2) is 7.17. The van der Waals surface area contributed by atoms with Crippen LogP contribution >= 0.6 is 0 Å². The topological polar surface area (TPSA) is 73.5 Å². The van der Waals surface area contributed by atoms with Crippen LogP contribution in [0.25, 0.3) is 11.3 Å². The Balaban J connectivity index is 1.78. The molecule has 1 aromatic carbocycles. The molecule has 0 bridgehead atoms. The van der Waals surface area contributed by atoms with Crippen LogP contribution in [0.5, 0.6) is 5.75 Å². The molecule has 0 radical (unpaired) electrons. The Labute approximate surface area is 152 Å².